The fraction of sp³-hybridized carbons (Fsp3) is 0.450. The fourth-order valence-electron chi connectivity index (χ4n) is 3.26. The van der Waals surface area contributed by atoms with Crippen LogP contribution in [-0.4, -0.2) is 55.3 Å². The van der Waals surface area contributed by atoms with E-state index < -0.39 is 34.5 Å². The number of carbonyl (C=O) groups excluding carboxylic acids is 2. The Bertz CT molecular complexity index is 1010. The maximum atomic E-state index is 12.2. The molecule has 0 amide bonds. The van der Waals surface area contributed by atoms with Gasteiger partial charge >= 0.3 is 11.9 Å². The molecular weight excluding hydrogens is 454 g/mol. The number of nitrogens with zero attached hydrogens (tertiary/aromatic N) is 1. The van der Waals surface area contributed by atoms with Crippen molar-refractivity contribution in [1.29, 1.82) is 0 Å². The maximum absolute atomic E-state index is 12.2. The summed E-state index contributed by atoms with van der Waals surface area (Å²) in [7, 11) is -3.89. The first kappa shape index (κ1) is 24.4. The van der Waals surface area contributed by atoms with E-state index in [4.69, 9.17) is 10.5 Å². The minimum atomic E-state index is -3.89. The standard InChI is InChI=1S/C20H27N5O5S2/c21-17(25-32(28,29)15-4-2-1-3-5-15)12-18(26)30-19(27)16-13-23-20(24-16)31-11-8-14-6-9-22-10-7-14/h1-5,13-14,17,22,25H,6-12,21H2,(H,23,24)/t17-/m0/s1. The van der Waals surface area contributed by atoms with Crippen LogP contribution in [0.25, 0.3) is 0 Å². The molecule has 1 aliphatic heterocycles. The van der Waals surface area contributed by atoms with E-state index >= 15 is 0 Å². The van der Waals surface area contributed by atoms with Crippen molar-refractivity contribution in [3.05, 3.63) is 42.2 Å². The molecule has 3 rings (SSSR count). The number of nitrogens with one attached hydrogen (secondary N) is 3. The molecule has 0 aliphatic carbocycles. The highest BCUT2D eigenvalue weighted by atomic mass is 32.2. The number of aromatic nitrogens is 2. The molecule has 2 aromatic rings. The van der Waals surface area contributed by atoms with Crippen molar-refractivity contribution < 1.29 is 22.7 Å². The summed E-state index contributed by atoms with van der Waals surface area (Å²) in [6, 6.07) is 7.61. The molecule has 1 atom stereocenters. The van der Waals surface area contributed by atoms with Gasteiger partial charge in [0.2, 0.25) is 10.0 Å². The van der Waals surface area contributed by atoms with Crippen LogP contribution in [0.4, 0.5) is 0 Å². The Balaban J connectivity index is 1.42. The Hall–Kier alpha value is -2.25. The Morgan fingerprint density at radius 2 is 1.97 bits per heavy atom. The second kappa shape index (κ2) is 11.6. The van der Waals surface area contributed by atoms with Gasteiger partial charge in [-0.15, -0.1) is 0 Å². The number of benzene rings is 1. The van der Waals surface area contributed by atoms with Gasteiger partial charge in [-0.1, -0.05) is 30.0 Å². The van der Waals surface area contributed by atoms with Gasteiger partial charge in [0.1, 0.15) is 5.69 Å². The SMILES string of the molecule is N[C@H](CC(=O)OC(=O)c1cnc(SCCC2CCNCC2)[nH]1)NS(=O)(=O)c1ccccc1. The predicted octanol–water partition coefficient (Wildman–Crippen LogP) is 1.23. The maximum Gasteiger partial charge on any atom is 0.364 e. The van der Waals surface area contributed by atoms with Gasteiger partial charge in [-0.05, 0) is 50.4 Å². The van der Waals surface area contributed by atoms with Gasteiger partial charge in [0.05, 0.1) is 23.7 Å². The van der Waals surface area contributed by atoms with Crippen LogP contribution in [0, 0.1) is 5.92 Å². The summed E-state index contributed by atoms with van der Waals surface area (Å²) in [4.78, 5) is 31.2. The number of H-pyrrole nitrogens is 1. The van der Waals surface area contributed by atoms with Crippen molar-refractivity contribution >= 4 is 33.7 Å². The second-order valence-corrected chi connectivity index (χ2v) is 10.2. The zero-order valence-electron chi connectivity index (χ0n) is 17.5. The highest BCUT2D eigenvalue weighted by molar-refractivity contribution is 7.99. The van der Waals surface area contributed by atoms with Crippen molar-refractivity contribution in [2.45, 2.75) is 41.9 Å². The number of sulfonamides is 1. The number of aromatic amines is 1. The number of ether oxygens (including phenoxy) is 1. The molecule has 1 fully saturated rings. The zero-order valence-corrected chi connectivity index (χ0v) is 19.1. The first-order valence-electron chi connectivity index (χ1n) is 10.3. The molecule has 0 bridgehead atoms. The first-order valence-corrected chi connectivity index (χ1v) is 12.8. The quantitative estimate of drug-likeness (QED) is 0.170. The number of piperidine rings is 1. The van der Waals surface area contributed by atoms with Gasteiger partial charge in [0.25, 0.3) is 0 Å². The first-order chi connectivity index (χ1) is 15.3. The molecule has 1 saturated heterocycles. The Kier molecular flexibility index (Phi) is 8.82. The van der Waals surface area contributed by atoms with Crippen LogP contribution < -0.4 is 15.8 Å². The van der Waals surface area contributed by atoms with Crippen LogP contribution in [-0.2, 0) is 19.6 Å². The van der Waals surface area contributed by atoms with Gasteiger partial charge in [0, 0.05) is 5.75 Å². The van der Waals surface area contributed by atoms with E-state index in [9.17, 15) is 18.0 Å². The van der Waals surface area contributed by atoms with Gasteiger partial charge in [-0.3, -0.25) is 4.79 Å². The minimum absolute atomic E-state index is 0.0162. The highest BCUT2D eigenvalue weighted by Gasteiger charge is 2.22. The molecule has 0 spiro atoms. The number of thioether (sulfide) groups is 1. The summed E-state index contributed by atoms with van der Waals surface area (Å²) in [6.45, 7) is 2.11. The summed E-state index contributed by atoms with van der Waals surface area (Å²) < 4.78 is 31.4. The topological polar surface area (TPSA) is 156 Å². The lowest BCUT2D eigenvalue weighted by molar-refractivity contribution is -0.138. The molecule has 32 heavy (non-hydrogen) atoms. The highest BCUT2D eigenvalue weighted by Crippen LogP contribution is 2.22. The van der Waals surface area contributed by atoms with Crippen molar-refractivity contribution in [1.82, 2.24) is 20.0 Å². The van der Waals surface area contributed by atoms with Crippen molar-refractivity contribution in [2.75, 3.05) is 18.8 Å². The van der Waals surface area contributed by atoms with Crippen LogP contribution in [0.5, 0.6) is 0 Å². The predicted molar refractivity (Wildman–Crippen MR) is 119 cm³/mol. The molecule has 1 aliphatic rings. The number of carbonyl (C=O) groups is 2. The van der Waals surface area contributed by atoms with Crippen LogP contribution in [0.2, 0.25) is 0 Å². The molecule has 174 valence electrons. The van der Waals surface area contributed by atoms with Gasteiger partial charge in [0.15, 0.2) is 5.16 Å². The summed E-state index contributed by atoms with van der Waals surface area (Å²) in [6.07, 6.45) is 2.96. The lowest BCUT2D eigenvalue weighted by Gasteiger charge is -2.21. The van der Waals surface area contributed by atoms with Crippen molar-refractivity contribution in [3.63, 3.8) is 0 Å². The van der Waals surface area contributed by atoms with E-state index in [0.29, 0.717) is 11.1 Å². The minimum Gasteiger partial charge on any atom is -0.388 e. The number of nitrogens with two attached hydrogens (primary N) is 1. The molecule has 0 unspecified atom stereocenters. The number of hydrogen-bond donors (Lipinski definition) is 4. The molecule has 5 N–H and O–H groups in total. The lowest BCUT2D eigenvalue weighted by Crippen LogP contribution is -2.43. The second-order valence-electron chi connectivity index (χ2n) is 7.44. The lowest BCUT2D eigenvalue weighted by atomic mass is 9.96. The molecule has 2 heterocycles. The normalized spacial score (nSPS) is 15.9. The number of hydrogen-bond acceptors (Lipinski definition) is 9. The van der Waals surface area contributed by atoms with Crippen LogP contribution >= 0.6 is 11.8 Å². The van der Waals surface area contributed by atoms with Gasteiger partial charge in [-0.25, -0.2) is 18.2 Å². The van der Waals surface area contributed by atoms with E-state index in [1.165, 1.54) is 42.9 Å². The van der Waals surface area contributed by atoms with E-state index in [0.717, 1.165) is 25.3 Å². The molecular formula is C20H27N5O5S2. The van der Waals surface area contributed by atoms with Crippen LogP contribution in [0.15, 0.2) is 46.6 Å². The zero-order chi connectivity index (χ0) is 23.0. The molecule has 1 aromatic heterocycles. The van der Waals surface area contributed by atoms with Gasteiger partial charge < -0.3 is 20.8 Å². The molecule has 1 aromatic carbocycles. The largest absolute Gasteiger partial charge is 0.388 e. The van der Waals surface area contributed by atoms with Gasteiger partial charge in [-0.2, -0.15) is 4.72 Å². The van der Waals surface area contributed by atoms with E-state index in [1.807, 2.05) is 0 Å². The molecule has 12 heteroatoms. The Morgan fingerprint density at radius 3 is 2.69 bits per heavy atom. The molecule has 0 radical (unpaired) electrons. The summed E-state index contributed by atoms with van der Waals surface area (Å²) >= 11 is 1.51. The van der Waals surface area contributed by atoms with Crippen molar-refractivity contribution in [2.24, 2.45) is 11.7 Å². The average molecular weight is 482 g/mol. The molecule has 0 saturated carbocycles. The van der Waals surface area contributed by atoms with E-state index in [-0.39, 0.29) is 10.6 Å². The third kappa shape index (κ3) is 7.41. The van der Waals surface area contributed by atoms with E-state index in [1.54, 1.807) is 18.2 Å². The van der Waals surface area contributed by atoms with Crippen molar-refractivity contribution in [3.8, 4) is 0 Å². The summed E-state index contributed by atoms with van der Waals surface area (Å²) in [5.41, 5.74) is 5.75. The Morgan fingerprint density at radius 1 is 1.25 bits per heavy atom. The third-order valence-corrected chi connectivity index (χ3v) is 7.38. The Labute approximate surface area is 191 Å². The van der Waals surface area contributed by atoms with Crippen LogP contribution in [0.3, 0.4) is 0 Å². The van der Waals surface area contributed by atoms with Crippen LogP contribution in [0.1, 0.15) is 36.2 Å². The number of rotatable bonds is 10. The number of imidazole rings is 1. The molecule has 10 nitrogen and oxygen atoms in total. The fourth-order valence-corrected chi connectivity index (χ4v) is 5.35. The summed E-state index contributed by atoms with van der Waals surface area (Å²) in [5.74, 6) is -0.273. The average Bonchev–Trinajstić information content (AvgIpc) is 3.24. The smallest absolute Gasteiger partial charge is 0.364 e. The number of esters is 2. The summed E-state index contributed by atoms with van der Waals surface area (Å²) in [5, 5.41) is 3.91. The monoisotopic (exact) mass is 481 g/mol. The van der Waals surface area contributed by atoms with E-state index in [2.05, 4.69) is 20.0 Å². The third-order valence-electron chi connectivity index (χ3n) is 4.95.